The lowest BCUT2D eigenvalue weighted by Crippen LogP contribution is -2.20. The van der Waals surface area contributed by atoms with Gasteiger partial charge in [-0.05, 0) is 36.5 Å². The molecule has 3 rings (SSSR count). The highest BCUT2D eigenvalue weighted by Crippen LogP contribution is 2.26. The van der Waals surface area contributed by atoms with Crippen molar-refractivity contribution >= 4 is 41.1 Å². The molecule has 1 aliphatic rings. The Morgan fingerprint density at radius 1 is 1.36 bits per heavy atom. The molecule has 6 nitrogen and oxygen atoms in total. The zero-order chi connectivity index (χ0) is 17.8. The summed E-state index contributed by atoms with van der Waals surface area (Å²) in [5.41, 5.74) is 6.76. The quantitative estimate of drug-likeness (QED) is 0.669. The molecule has 1 aromatic heterocycles. The van der Waals surface area contributed by atoms with E-state index in [4.69, 9.17) is 28.9 Å². The predicted octanol–water partition coefficient (Wildman–Crippen LogP) is 3.49. The Morgan fingerprint density at radius 3 is 2.84 bits per heavy atom. The third-order valence-corrected chi connectivity index (χ3v) is 4.97. The lowest BCUT2D eigenvalue weighted by Gasteiger charge is -2.22. The Hall–Kier alpha value is -2.05. The first-order valence-corrected chi connectivity index (χ1v) is 8.86. The predicted molar refractivity (Wildman–Crippen MR) is 103 cm³/mol. The van der Waals surface area contributed by atoms with E-state index in [2.05, 4.69) is 20.3 Å². The molecule has 1 aliphatic carbocycles. The molecule has 8 heteroatoms. The summed E-state index contributed by atoms with van der Waals surface area (Å²) in [5, 5.41) is 4.02. The number of nitrogens with two attached hydrogens (primary N) is 1. The number of aromatic nitrogens is 2. The van der Waals surface area contributed by atoms with Gasteiger partial charge in [0.15, 0.2) is 0 Å². The molecule has 132 valence electrons. The normalized spacial score (nSPS) is 14.6. The van der Waals surface area contributed by atoms with Crippen LogP contribution in [0.2, 0.25) is 10.0 Å². The van der Waals surface area contributed by atoms with Gasteiger partial charge in [0.2, 0.25) is 5.95 Å². The lowest BCUT2D eigenvalue weighted by molar-refractivity contribution is 0.326. The number of hydrogen-bond acceptors (Lipinski definition) is 5. The minimum Gasteiger partial charge on any atom is -0.392 e. The molecule has 1 fully saturated rings. The highest BCUT2D eigenvalue weighted by Gasteiger charge is 2.16. The van der Waals surface area contributed by atoms with E-state index in [1.807, 2.05) is 6.07 Å². The molecule has 1 aromatic carbocycles. The summed E-state index contributed by atoms with van der Waals surface area (Å²) in [6.45, 7) is 1.18. The summed E-state index contributed by atoms with van der Waals surface area (Å²) in [5.74, 6) is 0.974. The fourth-order valence-corrected chi connectivity index (χ4v) is 2.80. The number of rotatable bonds is 6. The number of nitrogens with zero attached hydrogens (tertiary/aromatic N) is 2. The first-order chi connectivity index (χ1) is 12.0. The number of anilines is 2. The molecule has 0 saturated heterocycles. The topological polar surface area (TPSA) is 96.2 Å². The molecule has 2 aromatic rings. The van der Waals surface area contributed by atoms with Crippen LogP contribution in [0.5, 0.6) is 0 Å². The molecule has 0 atom stereocenters. The fraction of sp³-hybridized carbons (Fsp3) is 0.353. The van der Waals surface area contributed by atoms with Crippen LogP contribution in [0.1, 0.15) is 30.5 Å². The standard InChI is InChI=1S/C17H19Cl2N5O/c18-12-5-4-11(6-13(12)19)8-22-17-23-14(15(20)16(25)24-17)9-21-7-10-2-1-3-10/h4-6,9-10H,1-3,7-8,20H2,(H2,22,23,24,25). The summed E-state index contributed by atoms with van der Waals surface area (Å²) >= 11 is 11.9. The first-order valence-electron chi connectivity index (χ1n) is 8.10. The average Bonchev–Trinajstić information content (AvgIpc) is 2.55. The van der Waals surface area contributed by atoms with Crippen molar-refractivity contribution in [2.24, 2.45) is 10.9 Å². The average molecular weight is 380 g/mol. The van der Waals surface area contributed by atoms with E-state index in [0.29, 0.717) is 34.2 Å². The molecule has 0 amide bonds. The van der Waals surface area contributed by atoms with E-state index in [1.165, 1.54) is 19.3 Å². The lowest BCUT2D eigenvalue weighted by atomic mass is 9.86. The molecule has 1 saturated carbocycles. The van der Waals surface area contributed by atoms with E-state index >= 15 is 0 Å². The number of halogens is 2. The summed E-state index contributed by atoms with van der Waals surface area (Å²) in [6, 6.07) is 5.32. The Bertz CT molecular complexity index is 845. The fourth-order valence-electron chi connectivity index (χ4n) is 2.48. The van der Waals surface area contributed by atoms with E-state index in [1.54, 1.807) is 18.3 Å². The summed E-state index contributed by atoms with van der Waals surface area (Å²) in [7, 11) is 0. The monoisotopic (exact) mass is 379 g/mol. The van der Waals surface area contributed by atoms with Crippen molar-refractivity contribution in [3.63, 3.8) is 0 Å². The zero-order valence-corrected chi connectivity index (χ0v) is 15.1. The van der Waals surface area contributed by atoms with Crippen LogP contribution in [0.25, 0.3) is 0 Å². The molecule has 0 spiro atoms. The number of benzene rings is 1. The molecule has 4 N–H and O–H groups in total. The number of nitrogens with one attached hydrogen (secondary N) is 2. The smallest absolute Gasteiger partial charge is 0.276 e. The number of aromatic amines is 1. The number of nitrogen functional groups attached to an aromatic ring is 1. The van der Waals surface area contributed by atoms with Crippen molar-refractivity contribution < 1.29 is 0 Å². The zero-order valence-electron chi connectivity index (χ0n) is 13.6. The van der Waals surface area contributed by atoms with Crippen LogP contribution in [-0.4, -0.2) is 22.7 Å². The van der Waals surface area contributed by atoms with Crippen LogP contribution in [0.3, 0.4) is 0 Å². The van der Waals surface area contributed by atoms with Gasteiger partial charge in [0.25, 0.3) is 5.56 Å². The van der Waals surface area contributed by atoms with E-state index in [0.717, 1.165) is 12.1 Å². The second kappa shape index (κ2) is 7.89. The van der Waals surface area contributed by atoms with Crippen LogP contribution < -0.4 is 16.6 Å². The van der Waals surface area contributed by atoms with Gasteiger partial charge < -0.3 is 11.1 Å². The van der Waals surface area contributed by atoms with Gasteiger partial charge in [-0.3, -0.25) is 14.8 Å². The van der Waals surface area contributed by atoms with Gasteiger partial charge in [-0.15, -0.1) is 0 Å². The van der Waals surface area contributed by atoms with Gasteiger partial charge >= 0.3 is 0 Å². The molecule has 1 heterocycles. The molecule has 0 aliphatic heterocycles. The number of hydrogen-bond donors (Lipinski definition) is 3. The van der Waals surface area contributed by atoms with E-state index in [-0.39, 0.29) is 5.69 Å². The molecule has 25 heavy (non-hydrogen) atoms. The Balaban J connectivity index is 1.70. The molecular formula is C17H19Cl2N5O. The van der Waals surface area contributed by atoms with Crippen LogP contribution in [0, 0.1) is 5.92 Å². The maximum Gasteiger partial charge on any atom is 0.276 e. The second-order valence-electron chi connectivity index (χ2n) is 6.11. The highest BCUT2D eigenvalue weighted by atomic mass is 35.5. The molecule has 0 radical (unpaired) electrons. The van der Waals surface area contributed by atoms with Crippen LogP contribution in [0.15, 0.2) is 28.0 Å². The SMILES string of the molecule is Nc1c(C=NCC2CCC2)nc(NCc2ccc(Cl)c(Cl)c2)[nH]c1=O. The third-order valence-electron chi connectivity index (χ3n) is 4.23. The third kappa shape index (κ3) is 4.52. The van der Waals surface area contributed by atoms with Crippen molar-refractivity contribution in [1.82, 2.24) is 9.97 Å². The van der Waals surface area contributed by atoms with Crippen molar-refractivity contribution in [1.29, 1.82) is 0 Å². The van der Waals surface area contributed by atoms with Crippen molar-refractivity contribution in [2.75, 3.05) is 17.6 Å². The van der Waals surface area contributed by atoms with Crippen LogP contribution in [0.4, 0.5) is 11.6 Å². The summed E-state index contributed by atoms with van der Waals surface area (Å²) < 4.78 is 0. The van der Waals surface area contributed by atoms with Crippen LogP contribution >= 0.6 is 23.2 Å². The maximum absolute atomic E-state index is 12.0. The van der Waals surface area contributed by atoms with Gasteiger partial charge in [0.1, 0.15) is 11.4 Å². The second-order valence-corrected chi connectivity index (χ2v) is 6.92. The van der Waals surface area contributed by atoms with E-state index < -0.39 is 5.56 Å². The molecular weight excluding hydrogens is 361 g/mol. The highest BCUT2D eigenvalue weighted by molar-refractivity contribution is 6.42. The van der Waals surface area contributed by atoms with Gasteiger partial charge in [-0.2, -0.15) is 0 Å². The minimum atomic E-state index is -0.392. The summed E-state index contributed by atoms with van der Waals surface area (Å²) in [4.78, 5) is 23.3. The number of H-pyrrole nitrogens is 1. The number of aliphatic imine (C=N–C) groups is 1. The first kappa shape index (κ1) is 17.8. The minimum absolute atomic E-state index is 0.0671. The van der Waals surface area contributed by atoms with Crippen LogP contribution in [-0.2, 0) is 6.54 Å². The molecule has 0 unspecified atom stereocenters. The van der Waals surface area contributed by atoms with Crippen molar-refractivity contribution in [2.45, 2.75) is 25.8 Å². The Labute approximate surface area is 155 Å². The largest absolute Gasteiger partial charge is 0.392 e. The maximum atomic E-state index is 12.0. The Morgan fingerprint density at radius 2 is 2.16 bits per heavy atom. The molecule has 0 bridgehead atoms. The van der Waals surface area contributed by atoms with Gasteiger partial charge in [-0.1, -0.05) is 35.7 Å². The summed E-state index contributed by atoms with van der Waals surface area (Å²) in [6.07, 6.45) is 5.28. The van der Waals surface area contributed by atoms with Crippen molar-refractivity contribution in [3.8, 4) is 0 Å². The van der Waals surface area contributed by atoms with Gasteiger partial charge in [0.05, 0.1) is 10.0 Å². The van der Waals surface area contributed by atoms with E-state index in [9.17, 15) is 4.79 Å². The van der Waals surface area contributed by atoms with Gasteiger partial charge in [0, 0.05) is 19.3 Å². The van der Waals surface area contributed by atoms with Crippen molar-refractivity contribution in [3.05, 3.63) is 49.9 Å². The Kier molecular flexibility index (Phi) is 5.60. The van der Waals surface area contributed by atoms with Gasteiger partial charge in [-0.25, -0.2) is 4.98 Å².